The molecule has 0 aliphatic heterocycles. The Kier molecular flexibility index (Phi) is 5.77. The minimum absolute atomic E-state index is 0.0890. The third kappa shape index (κ3) is 4.61. The van der Waals surface area contributed by atoms with Crippen molar-refractivity contribution in [3.8, 4) is 5.75 Å². The Morgan fingerprint density at radius 2 is 2.29 bits per heavy atom. The van der Waals surface area contributed by atoms with Crippen LogP contribution in [0.1, 0.15) is 18.9 Å². The number of hydrogen-bond acceptors (Lipinski definition) is 2. The van der Waals surface area contributed by atoms with Crippen LogP contribution in [0.15, 0.2) is 28.7 Å². The zero-order valence-corrected chi connectivity index (χ0v) is 11.6. The van der Waals surface area contributed by atoms with Crippen molar-refractivity contribution in [3.63, 3.8) is 0 Å². The van der Waals surface area contributed by atoms with Crippen LogP contribution in [0.5, 0.6) is 5.75 Å². The maximum absolute atomic E-state index is 11.4. The Labute approximate surface area is 110 Å². The van der Waals surface area contributed by atoms with Gasteiger partial charge in [0.15, 0.2) is 0 Å². The molecule has 1 aromatic carbocycles. The first-order chi connectivity index (χ1) is 8.17. The maximum Gasteiger partial charge on any atom is 0.244 e. The monoisotopic (exact) mass is 297 g/mol. The zero-order chi connectivity index (χ0) is 12.7. The number of amides is 1. The number of benzene rings is 1. The van der Waals surface area contributed by atoms with Crippen LogP contribution in [-0.4, -0.2) is 19.6 Å². The minimum atomic E-state index is -0.0890. The molecule has 1 amide bonds. The molecule has 0 saturated carbocycles. The van der Waals surface area contributed by atoms with Crippen molar-refractivity contribution in [1.82, 2.24) is 5.32 Å². The first-order valence-electron chi connectivity index (χ1n) is 5.46. The van der Waals surface area contributed by atoms with Gasteiger partial charge in [0.1, 0.15) is 5.75 Å². The van der Waals surface area contributed by atoms with Gasteiger partial charge in [0, 0.05) is 22.7 Å². The van der Waals surface area contributed by atoms with Crippen LogP contribution in [0.3, 0.4) is 0 Å². The fourth-order valence-electron chi connectivity index (χ4n) is 1.31. The first kappa shape index (κ1) is 13.8. The lowest BCUT2D eigenvalue weighted by molar-refractivity contribution is -0.116. The summed E-state index contributed by atoms with van der Waals surface area (Å²) in [6.07, 6.45) is 4.19. The second kappa shape index (κ2) is 7.12. The van der Waals surface area contributed by atoms with Crippen molar-refractivity contribution in [3.05, 3.63) is 34.3 Å². The summed E-state index contributed by atoms with van der Waals surface area (Å²) in [7, 11) is 1.61. The van der Waals surface area contributed by atoms with Gasteiger partial charge in [-0.05, 0) is 30.7 Å². The molecule has 4 heteroatoms. The standard InChI is InChI=1S/C13H16BrNO2/c1-3-8-15-13(16)7-4-10-9-11(14)5-6-12(10)17-2/h4-7,9H,3,8H2,1-2H3,(H,15,16)/b7-4+. The highest BCUT2D eigenvalue weighted by Gasteiger charge is 2.01. The molecule has 1 rings (SSSR count). The number of nitrogens with one attached hydrogen (secondary N) is 1. The second-order valence-electron chi connectivity index (χ2n) is 3.51. The zero-order valence-electron chi connectivity index (χ0n) is 10.00. The molecular weight excluding hydrogens is 282 g/mol. The molecule has 0 heterocycles. The molecule has 92 valence electrons. The Bertz CT molecular complexity index is 416. The van der Waals surface area contributed by atoms with Gasteiger partial charge in [-0.2, -0.15) is 0 Å². The van der Waals surface area contributed by atoms with Crippen LogP contribution in [0.2, 0.25) is 0 Å². The Hall–Kier alpha value is -1.29. The number of rotatable bonds is 5. The van der Waals surface area contributed by atoms with Crippen LogP contribution >= 0.6 is 15.9 Å². The van der Waals surface area contributed by atoms with E-state index in [4.69, 9.17) is 4.74 Å². The van der Waals surface area contributed by atoms with Crippen LogP contribution in [0, 0.1) is 0 Å². The third-order valence-corrected chi connectivity index (χ3v) is 2.65. The van der Waals surface area contributed by atoms with Gasteiger partial charge >= 0.3 is 0 Å². The van der Waals surface area contributed by atoms with E-state index in [-0.39, 0.29) is 5.91 Å². The van der Waals surface area contributed by atoms with Crippen LogP contribution in [0.4, 0.5) is 0 Å². The molecule has 0 aliphatic rings. The molecule has 0 spiro atoms. The van der Waals surface area contributed by atoms with Crippen LogP contribution in [0.25, 0.3) is 6.08 Å². The predicted molar refractivity (Wildman–Crippen MR) is 73.0 cm³/mol. The number of carbonyl (C=O) groups excluding carboxylic acids is 1. The van der Waals surface area contributed by atoms with Gasteiger partial charge < -0.3 is 10.1 Å². The van der Waals surface area contributed by atoms with E-state index in [1.54, 1.807) is 13.2 Å². The SMILES string of the molecule is CCCNC(=O)/C=C/c1cc(Br)ccc1OC. The number of halogens is 1. The Morgan fingerprint density at radius 1 is 1.53 bits per heavy atom. The van der Waals surface area contributed by atoms with E-state index in [0.717, 1.165) is 22.2 Å². The van der Waals surface area contributed by atoms with E-state index in [9.17, 15) is 4.79 Å². The summed E-state index contributed by atoms with van der Waals surface area (Å²) in [4.78, 5) is 11.4. The summed E-state index contributed by atoms with van der Waals surface area (Å²) in [6, 6.07) is 5.66. The van der Waals surface area contributed by atoms with E-state index < -0.39 is 0 Å². The van der Waals surface area contributed by atoms with Crippen molar-refractivity contribution >= 4 is 27.9 Å². The average Bonchev–Trinajstić information content (AvgIpc) is 2.34. The van der Waals surface area contributed by atoms with E-state index in [1.165, 1.54) is 6.08 Å². The fraction of sp³-hybridized carbons (Fsp3) is 0.308. The molecule has 0 unspecified atom stereocenters. The number of methoxy groups -OCH3 is 1. The molecule has 0 aromatic heterocycles. The molecule has 0 radical (unpaired) electrons. The smallest absolute Gasteiger partial charge is 0.244 e. The van der Waals surface area contributed by atoms with E-state index in [0.29, 0.717) is 6.54 Å². The second-order valence-corrected chi connectivity index (χ2v) is 4.43. The molecule has 0 saturated heterocycles. The average molecular weight is 298 g/mol. The van der Waals surface area contributed by atoms with Gasteiger partial charge in [-0.3, -0.25) is 4.79 Å². The van der Waals surface area contributed by atoms with E-state index in [1.807, 2.05) is 25.1 Å². The van der Waals surface area contributed by atoms with Gasteiger partial charge in [-0.25, -0.2) is 0 Å². The molecule has 0 aliphatic carbocycles. The van der Waals surface area contributed by atoms with Crippen molar-refractivity contribution < 1.29 is 9.53 Å². The van der Waals surface area contributed by atoms with Crippen molar-refractivity contribution in [1.29, 1.82) is 0 Å². The third-order valence-electron chi connectivity index (χ3n) is 2.16. The fourth-order valence-corrected chi connectivity index (χ4v) is 1.69. The molecule has 0 atom stereocenters. The lowest BCUT2D eigenvalue weighted by atomic mass is 10.2. The Balaban J connectivity index is 2.76. The highest BCUT2D eigenvalue weighted by atomic mass is 79.9. The summed E-state index contributed by atoms with van der Waals surface area (Å²) >= 11 is 3.38. The predicted octanol–water partition coefficient (Wildman–Crippen LogP) is 3.00. The topological polar surface area (TPSA) is 38.3 Å². The van der Waals surface area contributed by atoms with Gasteiger partial charge in [-0.15, -0.1) is 0 Å². The molecule has 1 aromatic rings. The number of carbonyl (C=O) groups is 1. The number of hydrogen-bond donors (Lipinski definition) is 1. The number of ether oxygens (including phenoxy) is 1. The molecular formula is C13H16BrNO2. The lowest BCUT2D eigenvalue weighted by Gasteiger charge is -2.05. The lowest BCUT2D eigenvalue weighted by Crippen LogP contribution is -2.21. The van der Waals surface area contributed by atoms with Crippen molar-refractivity contribution in [2.45, 2.75) is 13.3 Å². The molecule has 0 fully saturated rings. The van der Waals surface area contributed by atoms with E-state index in [2.05, 4.69) is 21.2 Å². The highest BCUT2D eigenvalue weighted by Crippen LogP contribution is 2.23. The first-order valence-corrected chi connectivity index (χ1v) is 6.26. The minimum Gasteiger partial charge on any atom is -0.496 e. The Morgan fingerprint density at radius 3 is 2.94 bits per heavy atom. The quantitative estimate of drug-likeness (QED) is 0.849. The highest BCUT2D eigenvalue weighted by molar-refractivity contribution is 9.10. The summed E-state index contributed by atoms with van der Waals surface area (Å²) in [6.45, 7) is 2.71. The normalized spacial score (nSPS) is 10.5. The van der Waals surface area contributed by atoms with Gasteiger partial charge in [0.05, 0.1) is 7.11 Å². The van der Waals surface area contributed by atoms with Crippen LogP contribution in [-0.2, 0) is 4.79 Å². The van der Waals surface area contributed by atoms with E-state index >= 15 is 0 Å². The van der Waals surface area contributed by atoms with Gasteiger partial charge in [-0.1, -0.05) is 22.9 Å². The summed E-state index contributed by atoms with van der Waals surface area (Å²) < 4.78 is 6.16. The van der Waals surface area contributed by atoms with Crippen molar-refractivity contribution in [2.75, 3.05) is 13.7 Å². The maximum atomic E-state index is 11.4. The van der Waals surface area contributed by atoms with Crippen molar-refractivity contribution in [2.24, 2.45) is 0 Å². The van der Waals surface area contributed by atoms with Crippen LogP contribution < -0.4 is 10.1 Å². The summed E-state index contributed by atoms with van der Waals surface area (Å²) in [5.74, 6) is 0.654. The van der Waals surface area contributed by atoms with Gasteiger partial charge in [0.25, 0.3) is 0 Å². The summed E-state index contributed by atoms with van der Waals surface area (Å²) in [5.41, 5.74) is 0.869. The largest absolute Gasteiger partial charge is 0.496 e. The molecule has 3 nitrogen and oxygen atoms in total. The summed E-state index contributed by atoms with van der Waals surface area (Å²) in [5, 5.41) is 2.78. The molecule has 0 bridgehead atoms. The molecule has 17 heavy (non-hydrogen) atoms. The molecule has 1 N–H and O–H groups in total. The van der Waals surface area contributed by atoms with Gasteiger partial charge in [0.2, 0.25) is 5.91 Å².